The number of methoxy groups -OCH3 is 2. The van der Waals surface area contributed by atoms with Crippen molar-refractivity contribution in [3.63, 3.8) is 0 Å². The monoisotopic (exact) mass is 330 g/mol. The normalized spacial score (nSPS) is 33.3. The summed E-state index contributed by atoms with van der Waals surface area (Å²) in [4.78, 5) is 2.74. The lowest BCUT2D eigenvalue weighted by Crippen LogP contribution is -2.50. The summed E-state index contributed by atoms with van der Waals surface area (Å²) in [5, 5.41) is 0. The minimum Gasteiger partial charge on any atom is -0.493 e. The summed E-state index contributed by atoms with van der Waals surface area (Å²) in [5.41, 5.74) is 8.02. The van der Waals surface area contributed by atoms with E-state index in [1.54, 1.807) is 14.2 Å². The first-order valence-electron chi connectivity index (χ1n) is 9.38. The van der Waals surface area contributed by atoms with E-state index in [9.17, 15) is 0 Å². The van der Waals surface area contributed by atoms with E-state index in [1.165, 1.54) is 44.3 Å². The molecule has 4 rings (SSSR count). The fourth-order valence-corrected chi connectivity index (χ4v) is 5.01. The highest BCUT2D eigenvalue weighted by atomic mass is 16.5. The highest BCUT2D eigenvalue weighted by molar-refractivity contribution is 5.46. The van der Waals surface area contributed by atoms with Crippen LogP contribution in [0.4, 0.5) is 0 Å². The molecule has 4 heteroatoms. The summed E-state index contributed by atoms with van der Waals surface area (Å²) in [6, 6.07) is 7.47. The van der Waals surface area contributed by atoms with Crippen LogP contribution in [0, 0.1) is 5.92 Å². The van der Waals surface area contributed by atoms with Gasteiger partial charge in [0.05, 0.1) is 14.2 Å². The fourth-order valence-electron chi connectivity index (χ4n) is 5.01. The number of rotatable bonds is 5. The van der Waals surface area contributed by atoms with Crippen molar-refractivity contribution >= 4 is 0 Å². The second-order valence-electron chi connectivity index (χ2n) is 7.96. The van der Waals surface area contributed by atoms with Gasteiger partial charge in [-0.15, -0.1) is 0 Å². The van der Waals surface area contributed by atoms with Crippen molar-refractivity contribution in [1.29, 1.82) is 0 Å². The third kappa shape index (κ3) is 2.70. The molecule has 0 amide bonds. The van der Waals surface area contributed by atoms with E-state index in [-0.39, 0.29) is 5.41 Å². The van der Waals surface area contributed by atoms with Crippen LogP contribution in [0.5, 0.6) is 11.5 Å². The highest BCUT2D eigenvalue weighted by Crippen LogP contribution is 2.50. The molecule has 0 spiro atoms. The Morgan fingerprint density at radius 3 is 2.62 bits per heavy atom. The molecule has 0 aromatic heterocycles. The van der Waals surface area contributed by atoms with Gasteiger partial charge in [0.15, 0.2) is 11.5 Å². The van der Waals surface area contributed by atoms with Crippen LogP contribution in [0.3, 0.4) is 0 Å². The molecule has 1 aromatic carbocycles. The predicted octanol–water partition coefficient (Wildman–Crippen LogP) is 2.94. The van der Waals surface area contributed by atoms with Crippen molar-refractivity contribution in [3.8, 4) is 11.5 Å². The fraction of sp³-hybridized carbons (Fsp3) is 0.700. The van der Waals surface area contributed by atoms with Gasteiger partial charge in [-0.3, -0.25) is 4.90 Å². The molecule has 2 N–H and O–H groups in total. The summed E-state index contributed by atoms with van der Waals surface area (Å²) in [6.45, 7) is 2.48. The van der Waals surface area contributed by atoms with Gasteiger partial charge >= 0.3 is 0 Å². The van der Waals surface area contributed by atoms with Gasteiger partial charge in [-0.05, 0) is 68.7 Å². The molecule has 1 heterocycles. The predicted molar refractivity (Wildman–Crippen MR) is 95.8 cm³/mol. The lowest BCUT2D eigenvalue weighted by molar-refractivity contribution is 0.140. The Balaban J connectivity index is 1.68. The Labute approximate surface area is 145 Å². The standard InChI is InChI=1S/C20H30N2O2/c1-23-17-6-5-15(11-18(17)24-2)20-8-7-16(21)12-19(20)22(10-9-20)13-14-3-4-14/h5-6,11,14,16,19H,3-4,7-10,12-13,21H2,1-2H3/t16-,19+,20-/m0/s1. The van der Waals surface area contributed by atoms with E-state index in [4.69, 9.17) is 15.2 Å². The maximum absolute atomic E-state index is 6.37. The third-order valence-corrected chi connectivity index (χ3v) is 6.56. The van der Waals surface area contributed by atoms with Gasteiger partial charge in [0, 0.05) is 24.0 Å². The van der Waals surface area contributed by atoms with Crippen molar-refractivity contribution in [2.45, 2.75) is 56.0 Å². The number of benzene rings is 1. The summed E-state index contributed by atoms with van der Waals surface area (Å²) in [5.74, 6) is 2.59. The Hall–Kier alpha value is -1.26. The Morgan fingerprint density at radius 2 is 1.92 bits per heavy atom. The molecule has 3 fully saturated rings. The van der Waals surface area contributed by atoms with Gasteiger partial charge in [0.1, 0.15) is 0 Å². The smallest absolute Gasteiger partial charge is 0.161 e. The second-order valence-corrected chi connectivity index (χ2v) is 7.96. The number of fused-ring (bicyclic) bond motifs is 1. The zero-order valence-electron chi connectivity index (χ0n) is 15.0. The van der Waals surface area contributed by atoms with Crippen molar-refractivity contribution in [3.05, 3.63) is 23.8 Å². The number of nitrogens with two attached hydrogens (primary N) is 1. The summed E-state index contributed by atoms with van der Waals surface area (Å²) in [6.07, 6.45) is 7.52. The van der Waals surface area contributed by atoms with E-state index in [0.717, 1.165) is 30.3 Å². The van der Waals surface area contributed by atoms with Crippen molar-refractivity contribution in [1.82, 2.24) is 4.90 Å². The number of hydrogen-bond acceptors (Lipinski definition) is 4. The Bertz CT molecular complexity index is 601. The van der Waals surface area contributed by atoms with Gasteiger partial charge in [0.25, 0.3) is 0 Å². The number of nitrogens with zero attached hydrogens (tertiary/aromatic N) is 1. The number of ether oxygens (including phenoxy) is 2. The maximum Gasteiger partial charge on any atom is 0.161 e. The maximum atomic E-state index is 6.37. The molecule has 0 unspecified atom stereocenters. The molecule has 2 aliphatic carbocycles. The van der Waals surface area contributed by atoms with Gasteiger partial charge in [-0.1, -0.05) is 6.07 Å². The molecule has 3 atom stereocenters. The largest absolute Gasteiger partial charge is 0.493 e. The van der Waals surface area contributed by atoms with E-state index in [0.29, 0.717) is 12.1 Å². The lowest BCUT2D eigenvalue weighted by Gasteiger charge is -2.44. The van der Waals surface area contributed by atoms with Crippen molar-refractivity contribution in [2.75, 3.05) is 27.3 Å². The molecule has 0 bridgehead atoms. The van der Waals surface area contributed by atoms with Crippen LogP contribution in [0.2, 0.25) is 0 Å². The lowest BCUT2D eigenvalue weighted by atomic mass is 9.65. The van der Waals surface area contributed by atoms with E-state index in [1.807, 2.05) is 0 Å². The molecule has 1 saturated heterocycles. The van der Waals surface area contributed by atoms with E-state index < -0.39 is 0 Å². The molecule has 2 saturated carbocycles. The highest BCUT2D eigenvalue weighted by Gasteiger charge is 2.51. The van der Waals surface area contributed by atoms with Crippen LogP contribution in [0.15, 0.2) is 18.2 Å². The zero-order valence-corrected chi connectivity index (χ0v) is 15.0. The van der Waals surface area contributed by atoms with Crippen LogP contribution in [-0.2, 0) is 5.41 Å². The van der Waals surface area contributed by atoms with Crippen LogP contribution in [0.1, 0.15) is 44.1 Å². The molecule has 3 aliphatic rings. The van der Waals surface area contributed by atoms with Gasteiger partial charge < -0.3 is 15.2 Å². The van der Waals surface area contributed by atoms with Gasteiger partial charge in [-0.2, -0.15) is 0 Å². The third-order valence-electron chi connectivity index (χ3n) is 6.56. The van der Waals surface area contributed by atoms with Gasteiger partial charge in [-0.25, -0.2) is 0 Å². The number of hydrogen-bond donors (Lipinski definition) is 1. The minimum atomic E-state index is 0.240. The van der Waals surface area contributed by atoms with Gasteiger partial charge in [0.2, 0.25) is 0 Å². The Kier molecular flexibility index (Phi) is 4.21. The zero-order chi connectivity index (χ0) is 16.7. The summed E-state index contributed by atoms with van der Waals surface area (Å²) in [7, 11) is 3.42. The molecular weight excluding hydrogens is 300 g/mol. The summed E-state index contributed by atoms with van der Waals surface area (Å²) < 4.78 is 11.0. The second kappa shape index (κ2) is 6.23. The molecule has 4 nitrogen and oxygen atoms in total. The molecule has 1 aliphatic heterocycles. The Morgan fingerprint density at radius 1 is 1.12 bits per heavy atom. The molecular formula is C20H30N2O2. The molecule has 24 heavy (non-hydrogen) atoms. The first-order valence-corrected chi connectivity index (χ1v) is 9.38. The average Bonchev–Trinajstić information content (AvgIpc) is 3.36. The summed E-state index contributed by atoms with van der Waals surface area (Å²) >= 11 is 0. The van der Waals surface area contributed by atoms with Crippen LogP contribution >= 0.6 is 0 Å². The number of likely N-dealkylation sites (tertiary alicyclic amines) is 1. The van der Waals surface area contributed by atoms with Crippen molar-refractivity contribution < 1.29 is 9.47 Å². The molecule has 0 radical (unpaired) electrons. The SMILES string of the molecule is COc1ccc([C@@]23CC[C@H](N)C[C@H]2N(CC2CC2)CC3)cc1OC. The quantitative estimate of drug-likeness (QED) is 0.902. The van der Waals surface area contributed by atoms with Crippen LogP contribution in [0.25, 0.3) is 0 Å². The molecule has 132 valence electrons. The van der Waals surface area contributed by atoms with E-state index >= 15 is 0 Å². The minimum absolute atomic E-state index is 0.240. The van der Waals surface area contributed by atoms with Crippen LogP contribution < -0.4 is 15.2 Å². The van der Waals surface area contributed by atoms with Crippen molar-refractivity contribution in [2.24, 2.45) is 11.7 Å². The average molecular weight is 330 g/mol. The van der Waals surface area contributed by atoms with Crippen LogP contribution in [-0.4, -0.2) is 44.3 Å². The first-order chi connectivity index (χ1) is 11.7. The van der Waals surface area contributed by atoms with E-state index in [2.05, 4.69) is 23.1 Å². The topological polar surface area (TPSA) is 47.7 Å². The first kappa shape index (κ1) is 16.2. The molecule has 1 aromatic rings.